The Morgan fingerprint density at radius 1 is 1.24 bits per heavy atom. The fourth-order valence-electron chi connectivity index (χ4n) is 3.09. The van der Waals surface area contributed by atoms with E-state index in [0.717, 1.165) is 47.0 Å². The molecule has 0 bridgehead atoms. The average Bonchev–Trinajstić information content (AvgIpc) is 3.08. The first-order chi connectivity index (χ1) is 10.3. The van der Waals surface area contributed by atoms with Gasteiger partial charge in [0.15, 0.2) is 5.69 Å². The molecule has 2 aromatic heterocycles. The Labute approximate surface area is 120 Å². The molecular formula is C16H13N3O2. The van der Waals surface area contributed by atoms with Crippen LogP contribution in [0.5, 0.6) is 0 Å². The molecule has 21 heavy (non-hydrogen) atoms. The van der Waals surface area contributed by atoms with Gasteiger partial charge < -0.3 is 5.11 Å². The summed E-state index contributed by atoms with van der Waals surface area (Å²) < 4.78 is 1.79. The van der Waals surface area contributed by atoms with Crippen LogP contribution in [0.25, 0.3) is 16.5 Å². The molecule has 3 aromatic rings. The summed E-state index contributed by atoms with van der Waals surface area (Å²) in [6, 6.07) is 7.88. The largest absolute Gasteiger partial charge is 0.476 e. The molecule has 0 radical (unpaired) electrons. The highest BCUT2D eigenvalue weighted by atomic mass is 16.4. The van der Waals surface area contributed by atoms with Crippen LogP contribution in [0.1, 0.15) is 28.2 Å². The molecule has 1 aliphatic rings. The Kier molecular flexibility index (Phi) is 2.54. The van der Waals surface area contributed by atoms with E-state index in [1.54, 1.807) is 17.1 Å². The van der Waals surface area contributed by atoms with Crippen molar-refractivity contribution >= 4 is 16.7 Å². The van der Waals surface area contributed by atoms with Gasteiger partial charge in [-0.1, -0.05) is 12.1 Å². The number of carboxylic acid groups (broad SMARTS) is 1. The van der Waals surface area contributed by atoms with E-state index >= 15 is 0 Å². The van der Waals surface area contributed by atoms with Gasteiger partial charge in [0.1, 0.15) is 0 Å². The second kappa shape index (κ2) is 4.41. The maximum Gasteiger partial charge on any atom is 0.356 e. The lowest BCUT2D eigenvalue weighted by molar-refractivity contribution is 0.0689. The lowest BCUT2D eigenvalue weighted by Gasteiger charge is -2.08. The molecule has 0 unspecified atom stereocenters. The minimum atomic E-state index is -0.953. The van der Waals surface area contributed by atoms with Crippen LogP contribution in [0, 0.1) is 0 Å². The zero-order chi connectivity index (χ0) is 14.4. The molecular weight excluding hydrogens is 266 g/mol. The van der Waals surface area contributed by atoms with Gasteiger partial charge in [-0.3, -0.25) is 4.98 Å². The maximum atomic E-state index is 11.4. The van der Waals surface area contributed by atoms with E-state index in [1.807, 2.05) is 24.3 Å². The molecule has 2 heterocycles. The summed E-state index contributed by atoms with van der Waals surface area (Å²) in [5.74, 6) is -0.953. The van der Waals surface area contributed by atoms with Gasteiger partial charge in [-0.25, -0.2) is 9.48 Å². The van der Waals surface area contributed by atoms with Crippen molar-refractivity contribution in [1.82, 2.24) is 14.8 Å². The number of pyridine rings is 1. The zero-order valence-corrected chi connectivity index (χ0v) is 11.3. The second-order valence-corrected chi connectivity index (χ2v) is 5.22. The van der Waals surface area contributed by atoms with Crippen molar-refractivity contribution in [2.45, 2.75) is 19.3 Å². The quantitative estimate of drug-likeness (QED) is 0.783. The monoisotopic (exact) mass is 279 g/mol. The first-order valence-corrected chi connectivity index (χ1v) is 6.93. The molecule has 5 heteroatoms. The zero-order valence-electron chi connectivity index (χ0n) is 11.3. The van der Waals surface area contributed by atoms with Crippen molar-refractivity contribution in [3.63, 3.8) is 0 Å². The van der Waals surface area contributed by atoms with Crippen LogP contribution in [0.15, 0.2) is 36.7 Å². The van der Waals surface area contributed by atoms with Crippen LogP contribution in [0.3, 0.4) is 0 Å². The summed E-state index contributed by atoms with van der Waals surface area (Å²) in [5, 5.41) is 15.7. The third kappa shape index (κ3) is 1.74. The topological polar surface area (TPSA) is 68.0 Å². The van der Waals surface area contributed by atoms with E-state index in [0.29, 0.717) is 0 Å². The van der Waals surface area contributed by atoms with Crippen molar-refractivity contribution in [1.29, 1.82) is 0 Å². The fourth-order valence-corrected chi connectivity index (χ4v) is 3.09. The van der Waals surface area contributed by atoms with Crippen LogP contribution < -0.4 is 0 Å². The molecule has 0 spiro atoms. The van der Waals surface area contributed by atoms with Gasteiger partial charge in [-0.15, -0.1) is 0 Å². The first-order valence-electron chi connectivity index (χ1n) is 6.93. The third-order valence-corrected chi connectivity index (χ3v) is 4.02. The number of nitrogens with zero attached hydrogens (tertiary/aromatic N) is 3. The van der Waals surface area contributed by atoms with Crippen LogP contribution in [-0.4, -0.2) is 25.8 Å². The Morgan fingerprint density at radius 3 is 3.00 bits per heavy atom. The van der Waals surface area contributed by atoms with Gasteiger partial charge >= 0.3 is 5.97 Å². The van der Waals surface area contributed by atoms with Crippen molar-refractivity contribution in [2.24, 2.45) is 0 Å². The minimum absolute atomic E-state index is 0.184. The Morgan fingerprint density at radius 2 is 2.14 bits per heavy atom. The van der Waals surface area contributed by atoms with Crippen molar-refractivity contribution in [2.75, 3.05) is 0 Å². The summed E-state index contributed by atoms with van der Waals surface area (Å²) in [4.78, 5) is 15.6. The van der Waals surface area contributed by atoms with Gasteiger partial charge in [0.2, 0.25) is 0 Å². The predicted octanol–water partition coefficient (Wildman–Crippen LogP) is 2.61. The first kappa shape index (κ1) is 12.1. The molecule has 5 nitrogen and oxygen atoms in total. The van der Waals surface area contributed by atoms with E-state index in [4.69, 9.17) is 0 Å². The van der Waals surface area contributed by atoms with E-state index in [1.165, 1.54) is 0 Å². The predicted molar refractivity (Wildman–Crippen MR) is 77.8 cm³/mol. The maximum absolute atomic E-state index is 11.4. The Balaban J connectivity index is 2.02. The van der Waals surface area contributed by atoms with Crippen LogP contribution in [0.2, 0.25) is 0 Å². The number of aromatic nitrogens is 3. The fraction of sp³-hybridized carbons (Fsp3) is 0.188. The molecule has 0 amide bonds. The lowest BCUT2D eigenvalue weighted by Crippen LogP contribution is -2.05. The summed E-state index contributed by atoms with van der Waals surface area (Å²) >= 11 is 0. The van der Waals surface area contributed by atoms with Gasteiger partial charge in [-0.05, 0) is 36.8 Å². The molecule has 1 N–H and O–H groups in total. The van der Waals surface area contributed by atoms with Gasteiger partial charge in [0.05, 0.1) is 5.69 Å². The summed E-state index contributed by atoms with van der Waals surface area (Å²) in [6.45, 7) is 0. The highest BCUT2D eigenvalue weighted by Crippen LogP contribution is 2.30. The molecule has 0 fully saturated rings. The van der Waals surface area contributed by atoms with Gasteiger partial charge in [-0.2, -0.15) is 5.10 Å². The molecule has 0 aliphatic heterocycles. The highest BCUT2D eigenvalue weighted by Gasteiger charge is 2.27. The molecule has 4 rings (SSSR count). The summed E-state index contributed by atoms with van der Waals surface area (Å²) in [7, 11) is 0. The number of hydrogen-bond acceptors (Lipinski definition) is 3. The number of benzene rings is 1. The third-order valence-electron chi connectivity index (χ3n) is 4.02. The molecule has 1 aromatic carbocycles. The molecule has 0 atom stereocenters. The van der Waals surface area contributed by atoms with E-state index < -0.39 is 5.97 Å². The summed E-state index contributed by atoms with van der Waals surface area (Å²) in [6.07, 6.45) is 6.19. The van der Waals surface area contributed by atoms with Gasteiger partial charge in [0.25, 0.3) is 0 Å². The standard InChI is InChI=1S/C16H13N3O2/c20-16(21)15-11-4-2-6-13(11)19(18-15)14-5-1-3-10-7-8-17-9-12(10)14/h1,3,5,7-9H,2,4,6H2,(H,20,21). The van der Waals surface area contributed by atoms with E-state index in [2.05, 4.69) is 10.1 Å². The smallest absolute Gasteiger partial charge is 0.356 e. The SMILES string of the molecule is O=C(O)c1nn(-c2cccc3ccncc23)c2c1CCC2. The van der Waals surface area contributed by atoms with Crippen molar-refractivity contribution in [3.05, 3.63) is 53.6 Å². The number of hydrogen-bond donors (Lipinski definition) is 1. The summed E-state index contributed by atoms with van der Waals surface area (Å²) in [5.41, 5.74) is 2.97. The average molecular weight is 279 g/mol. The number of aromatic carboxylic acids is 1. The minimum Gasteiger partial charge on any atom is -0.476 e. The van der Waals surface area contributed by atoms with Crippen LogP contribution >= 0.6 is 0 Å². The molecule has 0 saturated heterocycles. The normalized spacial score (nSPS) is 13.5. The molecule has 104 valence electrons. The lowest BCUT2D eigenvalue weighted by atomic mass is 10.1. The Hall–Kier alpha value is -2.69. The Bertz CT molecular complexity index is 862. The number of carboxylic acids is 1. The van der Waals surface area contributed by atoms with Crippen LogP contribution in [-0.2, 0) is 12.8 Å². The molecule has 1 aliphatic carbocycles. The van der Waals surface area contributed by atoms with E-state index in [9.17, 15) is 9.90 Å². The molecule has 0 saturated carbocycles. The van der Waals surface area contributed by atoms with Gasteiger partial charge in [0, 0.05) is 29.0 Å². The van der Waals surface area contributed by atoms with Crippen molar-refractivity contribution < 1.29 is 9.90 Å². The van der Waals surface area contributed by atoms with Crippen LogP contribution in [0.4, 0.5) is 0 Å². The number of rotatable bonds is 2. The number of fused-ring (bicyclic) bond motifs is 2. The van der Waals surface area contributed by atoms with Crippen molar-refractivity contribution in [3.8, 4) is 5.69 Å². The number of carbonyl (C=O) groups is 1. The highest BCUT2D eigenvalue weighted by molar-refractivity contribution is 5.91. The van der Waals surface area contributed by atoms with E-state index in [-0.39, 0.29) is 5.69 Å². The second-order valence-electron chi connectivity index (χ2n) is 5.22.